The van der Waals surface area contributed by atoms with Crippen LogP contribution in [0.3, 0.4) is 0 Å². The highest BCUT2D eigenvalue weighted by Crippen LogP contribution is 2.40. The smallest absolute Gasteiger partial charge is 0.275 e. The molecule has 0 saturated carbocycles. The summed E-state index contributed by atoms with van der Waals surface area (Å²) in [5.41, 5.74) is 3.14. The molecule has 0 saturated heterocycles. The number of anilines is 1. The summed E-state index contributed by atoms with van der Waals surface area (Å²) in [5, 5.41) is 5.39. The standard InChI is InChI=1S/C22H24N2O4S/c1-13(2)14-6-8-15(9-7-14)22-24-17(12-29-22)21(25)23-16-10-18(26-3)20(28-5)19(11-16)27-4/h6-13H,1-5H3,(H,23,25). The molecule has 0 atom stereocenters. The second-order valence-corrected chi connectivity index (χ2v) is 7.54. The predicted molar refractivity (Wildman–Crippen MR) is 116 cm³/mol. The first-order valence-corrected chi connectivity index (χ1v) is 10.0. The SMILES string of the molecule is COc1cc(NC(=O)c2csc(-c3ccc(C(C)C)cc3)n2)cc(OC)c1OC. The third-order valence-electron chi connectivity index (χ3n) is 4.48. The molecular weight excluding hydrogens is 388 g/mol. The lowest BCUT2D eigenvalue weighted by atomic mass is 10.0. The topological polar surface area (TPSA) is 69.7 Å². The van der Waals surface area contributed by atoms with Gasteiger partial charge in [-0.25, -0.2) is 4.98 Å². The molecule has 1 N–H and O–H groups in total. The minimum absolute atomic E-state index is 0.305. The summed E-state index contributed by atoms with van der Waals surface area (Å²) >= 11 is 1.44. The van der Waals surface area contributed by atoms with Crippen LogP contribution in [-0.2, 0) is 0 Å². The van der Waals surface area contributed by atoms with E-state index in [0.29, 0.717) is 34.5 Å². The van der Waals surface area contributed by atoms with Gasteiger partial charge in [-0.1, -0.05) is 38.1 Å². The predicted octanol–water partition coefficient (Wildman–Crippen LogP) is 5.21. The summed E-state index contributed by atoms with van der Waals surface area (Å²) in [5.74, 6) is 1.56. The Bertz CT molecular complexity index is 971. The van der Waals surface area contributed by atoms with Gasteiger partial charge in [0.2, 0.25) is 5.75 Å². The van der Waals surface area contributed by atoms with Crippen LogP contribution in [0, 0.1) is 0 Å². The van der Waals surface area contributed by atoms with Crippen molar-refractivity contribution < 1.29 is 19.0 Å². The van der Waals surface area contributed by atoms with Gasteiger partial charge in [0.1, 0.15) is 10.7 Å². The van der Waals surface area contributed by atoms with Gasteiger partial charge in [0.25, 0.3) is 5.91 Å². The highest BCUT2D eigenvalue weighted by Gasteiger charge is 2.17. The van der Waals surface area contributed by atoms with E-state index in [1.165, 1.54) is 38.2 Å². The molecule has 1 amide bonds. The van der Waals surface area contributed by atoms with E-state index in [4.69, 9.17) is 14.2 Å². The van der Waals surface area contributed by atoms with Crippen LogP contribution in [0.2, 0.25) is 0 Å². The first-order valence-electron chi connectivity index (χ1n) is 9.14. The zero-order valence-electron chi connectivity index (χ0n) is 17.1. The van der Waals surface area contributed by atoms with Gasteiger partial charge in [-0.2, -0.15) is 0 Å². The third-order valence-corrected chi connectivity index (χ3v) is 5.38. The van der Waals surface area contributed by atoms with Crippen molar-refractivity contribution in [3.05, 3.63) is 53.0 Å². The second-order valence-electron chi connectivity index (χ2n) is 6.68. The molecule has 3 rings (SSSR count). The summed E-state index contributed by atoms with van der Waals surface area (Å²) in [4.78, 5) is 17.2. The molecule has 0 fully saturated rings. The minimum Gasteiger partial charge on any atom is -0.493 e. The molecule has 0 bridgehead atoms. The van der Waals surface area contributed by atoms with Gasteiger partial charge < -0.3 is 19.5 Å². The van der Waals surface area contributed by atoms with E-state index >= 15 is 0 Å². The molecule has 0 aliphatic heterocycles. The molecule has 0 spiro atoms. The molecule has 0 radical (unpaired) electrons. The van der Waals surface area contributed by atoms with Crippen molar-refractivity contribution >= 4 is 22.9 Å². The maximum absolute atomic E-state index is 12.7. The Labute approximate surface area is 174 Å². The van der Waals surface area contributed by atoms with Gasteiger partial charge in [-0.05, 0) is 11.5 Å². The molecule has 6 nitrogen and oxygen atoms in total. The molecule has 1 aromatic heterocycles. The van der Waals surface area contributed by atoms with E-state index < -0.39 is 0 Å². The lowest BCUT2D eigenvalue weighted by Crippen LogP contribution is -2.12. The Morgan fingerprint density at radius 2 is 1.62 bits per heavy atom. The van der Waals surface area contributed by atoms with Crippen LogP contribution < -0.4 is 19.5 Å². The van der Waals surface area contributed by atoms with Gasteiger partial charge in [0.05, 0.1) is 21.3 Å². The van der Waals surface area contributed by atoms with Gasteiger partial charge in [-0.3, -0.25) is 4.79 Å². The highest BCUT2D eigenvalue weighted by molar-refractivity contribution is 7.13. The van der Waals surface area contributed by atoms with Crippen LogP contribution >= 0.6 is 11.3 Å². The van der Waals surface area contributed by atoms with E-state index in [2.05, 4.69) is 36.3 Å². The molecule has 0 aliphatic rings. The van der Waals surface area contributed by atoms with E-state index in [9.17, 15) is 4.79 Å². The van der Waals surface area contributed by atoms with Crippen LogP contribution in [0.25, 0.3) is 10.6 Å². The number of ether oxygens (including phenoxy) is 3. The van der Waals surface area contributed by atoms with Gasteiger partial charge in [0.15, 0.2) is 11.5 Å². The Balaban J connectivity index is 1.80. The molecule has 0 unspecified atom stereocenters. The molecule has 2 aromatic carbocycles. The fourth-order valence-electron chi connectivity index (χ4n) is 2.87. The van der Waals surface area contributed by atoms with Crippen molar-refractivity contribution in [1.82, 2.24) is 4.98 Å². The number of methoxy groups -OCH3 is 3. The van der Waals surface area contributed by atoms with Crippen molar-refractivity contribution in [1.29, 1.82) is 0 Å². The molecule has 1 heterocycles. The zero-order chi connectivity index (χ0) is 21.0. The van der Waals surface area contributed by atoms with Crippen molar-refractivity contribution in [3.63, 3.8) is 0 Å². The van der Waals surface area contributed by atoms with Gasteiger partial charge >= 0.3 is 0 Å². The fraction of sp³-hybridized carbons (Fsp3) is 0.273. The Morgan fingerprint density at radius 1 is 1.00 bits per heavy atom. The second kappa shape index (κ2) is 8.96. The summed E-state index contributed by atoms with van der Waals surface area (Å²) in [7, 11) is 4.59. The lowest BCUT2D eigenvalue weighted by molar-refractivity contribution is 0.102. The quantitative estimate of drug-likeness (QED) is 0.577. The molecule has 29 heavy (non-hydrogen) atoms. The maximum Gasteiger partial charge on any atom is 0.275 e. The normalized spacial score (nSPS) is 10.7. The summed E-state index contributed by atoms with van der Waals surface area (Å²) in [6.45, 7) is 4.31. The maximum atomic E-state index is 12.7. The Morgan fingerprint density at radius 3 is 2.14 bits per heavy atom. The van der Waals surface area contributed by atoms with Crippen LogP contribution in [0.5, 0.6) is 17.2 Å². The average molecular weight is 413 g/mol. The number of amides is 1. The molecule has 152 valence electrons. The molecule has 0 aliphatic carbocycles. The molecular formula is C22H24N2O4S. The zero-order valence-corrected chi connectivity index (χ0v) is 17.9. The van der Waals surface area contributed by atoms with Crippen LogP contribution in [0.15, 0.2) is 41.8 Å². The van der Waals surface area contributed by atoms with E-state index in [0.717, 1.165) is 10.6 Å². The summed E-state index contributed by atoms with van der Waals surface area (Å²) in [6, 6.07) is 11.6. The first-order chi connectivity index (χ1) is 14.0. The average Bonchev–Trinajstić information content (AvgIpc) is 3.23. The largest absolute Gasteiger partial charge is 0.493 e. The minimum atomic E-state index is -0.305. The number of nitrogens with one attached hydrogen (secondary N) is 1. The van der Waals surface area contributed by atoms with Crippen LogP contribution in [-0.4, -0.2) is 32.2 Å². The number of thiazole rings is 1. The summed E-state index contributed by atoms with van der Waals surface area (Å²) < 4.78 is 16.0. The number of benzene rings is 2. The van der Waals surface area contributed by atoms with Crippen LogP contribution in [0.4, 0.5) is 5.69 Å². The van der Waals surface area contributed by atoms with Crippen molar-refractivity contribution in [2.75, 3.05) is 26.6 Å². The monoisotopic (exact) mass is 412 g/mol. The number of carbonyl (C=O) groups is 1. The van der Waals surface area contributed by atoms with E-state index in [-0.39, 0.29) is 5.91 Å². The number of rotatable bonds is 7. The number of nitrogens with zero attached hydrogens (tertiary/aromatic N) is 1. The number of hydrogen-bond donors (Lipinski definition) is 1. The lowest BCUT2D eigenvalue weighted by Gasteiger charge is -2.14. The van der Waals surface area contributed by atoms with Crippen molar-refractivity contribution in [2.24, 2.45) is 0 Å². The number of hydrogen-bond acceptors (Lipinski definition) is 6. The van der Waals surface area contributed by atoms with E-state index in [1.54, 1.807) is 17.5 Å². The Kier molecular flexibility index (Phi) is 6.39. The third kappa shape index (κ3) is 4.51. The number of carbonyl (C=O) groups excluding carboxylic acids is 1. The van der Waals surface area contributed by atoms with E-state index in [1.807, 2.05) is 12.1 Å². The highest BCUT2D eigenvalue weighted by atomic mass is 32.1. The Hall–Kier alpha value is -3.06. The van der Waals surface area contributed by atoms with Gasteiger partial charge in [-0.15, -0.1) is 11.3 Å². The fourth-order valence-corrected chi connectivity index (χ4v) is 3.68. The number of aromatic nitrogens is 1. The molecule has 3 aromatic rings. The van der Waals surface area contributed by atoms with Crippen molar-refractivity contribution in [2.45, 2.75) is 19.8 Å². The first kappa shape index (κ1) is 20.7. The summed E-state index contributed by atoms with van der Waals surface area (Å²) in [6.07, 6.45) is 0. The van der Waals surface area contributed by atoms with Gasteiger partial charge in [0, 0.05) is 28.8 Å². The molecule has 7 heteroatoms. The van der Waals surface area contributed by atoms with Crippen molar-refractivity contribution in [3.8, 4) is 27.8 Å². The van der Waals surface area contributed by atoms with Crippen LogP contribution in [0.1, 0.15) is 35.8 Å².